The summed E-state index contributed by atoms with van der Waals surface area (Å²) in [6, 6.07) is 4.45. The monoisotopic (exact) mass is 292 g/mol. The summed E-state index contributed by atoms with van der Waals surface area (Å²) in [7, 11) is 0. The molecule has 100 valence electrons. The zero-order valence-electron chi connectivity index (χ0n) is 9.58. The van der Waals surface area contributed by atoms with Crippen molar-refractivity contribution in [3.05, 3.63) is 28.2 Å². The minimum Gasteiger partial charge on any atom is -0.472 e. The molecule has 0 fully saturated rings. The van der Waals surface area contributed by atoms with E-state index >= 15 is 0 Å². The fourth-order valence-electron chi connectivity index (χ4n) is 1.12. The molecule has 0 aromatic heterocycles. The number of rotatable bonds is 6. The van der Waals surface area contributed by atoms with E-state index in [-0.39, 0.29) is 19.4 Å². The molecule has 0 aliphatic rings. The van der Waals surface area contributed by atoms with Gasteiger partial charge in [0, 0.05) is 18.2 Å². The van der Waals surface area contributed by atoms with E-state index in [9.17, 15) is 4.79 Å². The first-order valence-electron chi connectivity index (χ1n) is 5.34. The number of carbonyl (C=O) groups is 1. The van der Waals surface area contributed by atoms with Crippen LogP contribution >= 0.6 is 23.2 Å². The van der Waals surface area contributed by atoms with Crippen molar-refractivity contribution in [3.8, 4) is 5.75 Å². The molecule has 0 spiro atoms. The largest absolute Gasteiger partial charge is 0.472 e. The van der Waals surface area contributed by atoms with Crippen LogP contribution in [-0.2, 0) is 0 Å². The van der Waals surface area contributed by atoms with Gasteiger partial charge in [0.05, 0.1) is 5.02 Å². The highest BCUT2D eigenvalue weighted by molar-refractivity contribution is 6.35. The Morgan fingerprint density at radius 1 is 1.33 bits per heavy atom. The Balaban J connectivity index is 2.26. The number of carbonyl (C=O) groups excluding carboxylic acids is 1. The molecule has 0 aliphatic heterocycles. The molecule has 1 aromatic carbocycles. The normalized spacial score (nSPS) is 9.94. The third-order valence-electron chi connectivity index (χ3n) is 1.97. The van der Waals surface area contributed by atoms with Gasteiger partial charge in [-0.25, -0.2) is 4.79 Å². The highest BCUT2D eigenvalue weighted by Crippen LogP contribution is 2.27. The van der Waals surface area contributed by atoms with E-state index in [2.05, 4.69) is 10.6 Å². The minimum atomic E-state index is -0.367. The van der Waals surface area contributed by atoms with Crippen molar-refractivity contribution in [3.63, 3.8) is 0 Å². The van der Waals surface area contributed by atoms with Gasteiger partial charge in [-0.2, -0.15) is 0 Å². The molecule has 1 rings (SSSR count). The van der Waals surface area contributed by atoms with Crippen LogP contribution < -0.4 is 15.4 Å². The Bertz CT molecular complexity index is 402. The van der Waals surface area contributed by atoms with Crippen LogP contribution in [-0.4, -0.2) is 31.0 Å². The summed E-state index contributed by atoms with van der Waals surface area (Å²) in [6.07, 6.45) is 0.511. The van der Waals surface area contributed by atoms with Gasteiger partial charge in [0.25, 0.3) is 0 Å². The lowest BCUT2D eigenvalue weighted by Gasteiger charge is -2.10. The van der Waals surface area contributed by atoms with E-state index in [1.54, 1.807) is 18.2 Å². The Hall–Kier alpha value is -1.17. The van der Waals surface area contributed by atoms with Gasteiger partial charge in [0.1, 0.15) is 5.75 Å². The average molecular weight is 293 g/mol. The molecule has 0 bridgehead atoms. The van der Waals surface area contributed by atoms with Crippen molar-refractivity contribution in [2.75, 3.05) is 19.9 Å². The van der Waals surface area contributed by atoms with Crippen LogP contribution in [0.3, 0.4) is 0 Å². The number of nitrogens with one attached hydrogen (secondary N) is 2. The fraction of sp³-hybridized carbons (Fsp3) is 0.364. The molecule has 7 heteroatoms. The molecule has 2 amide bonds. The molecule has 0 heterocycles. The standard InChI is InChI=1S/C11H14Cl2N2O3/c12-8-2-3-10(9(13)6-8)18-7-15-11(17)14-4-1-5-16/h2-3,6,16H,1,4-5,7H2,(H2,14,15,17). The molecule has 0 saturated carbocycles. The van der Waals surface area contributed by atoms with Gasteiger partial charge in [-0.1, -0.05) is 23.2 Å². The lowest BCUT2D eigenvalue weighted by Crippen LogP contribution is -2.38. The molecular formula is C11H14Cl2N2O3. The Kier molecular flexibility index (Phi) is 6.64. The van der Waals surface area contributed by atoms with E-state index in [1.165, 1.54) is 0 Å². The third kappa shape index (κ3) is 5.44. The molecule has 0 saturated heterocycles. The van der Waals surface area contributed by atoms with Crippen LogP contribution in [0.25, 0.3) is 0 Å². The van der Waals surface area contributed by atoms with Gasteiger partial charge in [0.15, 0.2) is 6.73 Å². The quantitative estimate of drug-likeness (QED) is 0.555. The Labute approximate surface area is 115 Å². The van der Waals surface area contributed by atoms with Crippen LogP contribution in [0.2, 0.25) is 10.0 Å². The smallest absolute Gasteiger partial charge is 0.317 e. The van der Waals surface area contributed by atoms with Gasteiger partial charge in [-0.3, -0.25) is 0 Å². The van der Waals surface area contributed by atoms with Crippen LogP contribution in [0, 0.1) is 0 Å². The van der Waals surface area contributed by atoms with E-state index in [4.69, 9.17) is 33.0 Å². The first kappa shape index (κ1) is 14.9. The van der Waals surface area contributed by atoms with Crippen molar-refractivity contribution in [2.24, 2.45) is 0 Å². The summed E-state index contributed by atoms with van der Waals surface area (Å²) in [4.78, 5) is 11.2. The van der Waals surface area contributed by atoms with Crippen molar-refractivity contribution in [2.45, 2.75) is 6.42 Å². The predicted octanol–water partition coefficient (Wildman–Crippen LogP) is 2.01. The molecule has 5 nitrogen and oxygen atoms in total. The summed E-state index contributed by atoms with van der Waals surface area (Å²) in [5, 5.41) is 14.5. The second kappa shape index (κ2) is 8.02. The van der Waals surface area contributed by atoms with E-state index in [0.29, 0.717) is 28.8 Å². The molecule has 0 aliphatic carbocycles. The number of hydrogen-bond acceptors (Lipinski definition) is 3. The van der Waals surface area contributed by atoms with Gasteiger partial charge in [-0.15, -0.1) is 0 Å². The van der Waals surface area contributed by atoms with Gasteiger partial charge in [0.2, 0.25) is 0 Å². The average Bonchev–Trinajstić information content (AvgIpc) is 2.32. The van der Waals surface area contributed by atoms with Crippen molar-refractivity contribution in [1.82, 2.24) is 10.6 Å². The van der Waals surface area contributed by atoms with E-state index in [1.807, 2.05) is 0 Å². The molecule has 0 radical (unpaired) electrons. The maximum Gasteiger partial charge on any atom is 0.317 e. The number of benzene rings is 1. The summed E-state index contributed by atoms with van der Waals surface area (Å²) >= 11 is 11.6. The maximum absolute atomic E-state index is 11.2. The zero-order valence-corrected chi connectivity index (χ0v) is 11.1. The van der Waals surface area contributed by atoms with Crippen LogP contribution in [0.4, 0.5) is 4.79 Å². The highest BCUT2D eigenvalue weighted by Gasteiger charge is 2.03. The van der Waals surface area contributed by atoms with E-state index in [0.717, 1.165) is 0 Å². The summed E-state index contributed by atoms with van der Waals surface area (Å²) in [5.41, 5.74) is 0. The molecule has 1 aromatic rings. The van der Waals surface area contributed by atoms with E-state index < -0.39 is 0 Å². The lowest BCUT2D eigenvalue weighted by atomic mass is 10.3. The molecule has 0 unspecified atom stereocenters. The molecule has 18 heavy (non-hydrogen) atoms. The second-order valence-electron chi connectivity index (χ2n) is 3.37. The number of aliphatic hydroxyl groups excluding tert-OH is 1. The second-order valence-corrected chi connectivity index (χ2v) is 4.22. The highest BCUT2D eigenvalue weighted by atomic mass is 35.5. The summed E-state index contributed by atoms with van der Waals surface area (Å²) < 4.78 is 5.26. The lowest BCUT2D eigenvalue weighted by molar-refractivity contribution is 0.222. The number of aliphatic hydroxyl groups is 1. The van der Waals surface area contributed by atoms with Crippen LogP contribution in [0.15, 0.2) is 18.2 Å². The molecule has 3 N–H and O–H groups in total. The summed E-state index contributed by atoms with van der Waals surface area (Å²) in [5.74, 6) is 0.441. The minimum absolute atomic E-state index is 0.00763. The number of hydrogen-bond donors (Lipinski definition) is 3. The summed E-state index contributed by atoms with van der Waals surface area (Å²) in [6.45, 7) is 0.438. The maximum atomic E-state index is 11.2. The SMILES string of the molecule is O=C(NCCCO)NCOc1ccc(Cl)cc1Cl. The Morgan fingerprint density at radius 3 is 2.78 bits per heavy atom. The first-order chi connectivity index (χ1) is 8.63. The van der Waals surface area contributed by atoms with Gasteiger partial charge in [-0.05, 0) is 24.6 Å². The van der Waals surface area contributed by atoms with Crippen molar-refractivity contribution in [1.29, 1.82) is 0 Å². The van der Waals surface area contributed by atoms with Crippen molar-refractivity contribution >= 4 is 29.2 Å². The first-order valence-corrected chi connectivity index (χ1v) is 6.09. The number of ether oxygens (including phenoxy) is 1. The third-order valence-corrected chi connectivity index (χ3v) is 2.51. The predicted molar refractivity (Wildman–Crippen MR) is 70.2 cm³/mol. The molecular weight excluding hydrogens is 279 g/mol. The van der Waals surface area contributed by atoms with Gasteiger partial charge < -0.3 is 20.5 Å². The topological polar surface area (TPSA) is 70.6 Å². The van der Waals surface area contributed by atoms with Crippen LogP contribution in [0.5, 0.6) is 5.75 Å². The number of urea groups is 1. The van der Waals surface area contributed by atoms with Crippen molar-refractivity contribution < 1.29 is 14.6 Å². The van der Waals surface area contributed by atoms with Crippen LogP contribution in [0.1, 0.15) is 6.42 Å². The number of halogens is 2. The zero-order chi connectivity index (χ0) is 13.4. The molecule has 0 atom stereocenters. The Morgan fingerprint density at radius 2 is 2.11 bits per heavy atom. The number of amides is 2. The van der Waals surface area contributed by atoms with Gasteiger partial charge >= 0.3 is 6.03 Å². The fourth-order valence-corrected chi connectivity index (χ4v) is 1.58.